The van der Waals surface area contributed by atoms with Gasteiger partial charge in [0.1, 0.15) is 0 Å². The topological polar surface area (TPSA) is 113 Å². The number of nitrogens with one attached hydrogen (secondary N) is 1. The van der Waals surface area contributed by atoms with E-state index in [1.165, 1.54) is 0 Å². The van der Waals surface area contributed by atoms with E-state index < -0.39 is 17.6 Å². The summed E-state index contributed by atoms with van der Waals surface area (Å²) < 4.78 is 0. The summed E-state index contributed by atoms with van der Waals surface area (Å²) in [6, 6.07) is 0. The standard InChI is InChI=1S/C10H18N2O4/c11-10(3-1-2-4-10)5-8(14)12-6-7(13)9(15)16/h7,13H,1-6,11H2,(H,12,14)(H,15,16)/t7-/m0/s1. The van der Waals surface area contributed by atoms with Gasteiger partial charge in [0, 0.05) is 12.0 Å². The van der Waals surface area contributed by atoms with Crippen molar-refractivity contribution in [2.75, 3.05) is 6.54 Å². The Labute approximate surface area is 93.8 Å². The molecule has 5 N–H and O–H groups in total. The molecule has 6 nitrogen and oxygen atoms in total. The van der Waals surface area contributed by atoms with Gasteiger partial charge in [-0.1, -0.05) is 12.8 Å². The van der Waals surface area contributed by atoms with E-state index in [0.717, 1.165) is 25.7 Å². The molecule has 0 bridgehead atoms. The van der Waals surface area contributed by atoms with E-state index >= 15 is 0 Å². The lowest BCUT2D eigenvalue weighted by atomic mass is 9.94. The zero-order valence-corrected chi connectivity index (χ0v) is 9.11. The Kier molecular flexibility index (Phi) is 4.26. The molecular weight excluding hydrogens is 212 g/mol. The summed E-state index contributed by atoms with van der Waals surface area (Å²) in [5, 5.41) is 19.7. The van der Waals surface area contributed by atoms with Crippen molar-refractivity contribution < 1.29 is 19.8 Å². The van der Waals surface area contributed by atoms with E-state index in [2.05, 4.69) is 5.32 Å². The number of carbonyl (C=O) groups is 2. The predicted molar refractivity (Wildman–Crippen MR) is 56.7 cm³/mol. The van der Waals surface area contributed by atoms with Gasteiger partial charge in [-0.3, -0.25) is 4.79 Å². The largest absolute Gasteiger partial charge is 0.479 e. The Hall–Kier alpha value is -1.14. The number of nitrogens with two attached hydrogens (primary N) is 1. The monoisotopic (exact) mass is 230 g/mol. The first kappa shape index (κ1) is 12.9. The third-order valence-corrected chi connectivity index (χ3v) is 2.89. The van der Waals surface area contributed by atoms with Crippen molar-refractivity contribution in [1.82, 2.24) is 5.32 Å². The van der Waals surface area contributed by atoms with E-state index in [1.54, 1.807) is 0 Å². The zero-order valence-electron chi connectivity index (χ0n) is 9.11. The van der Waals surface area contributed by atoms with E-state index in [1.807, 2.05) is 0 Å². The number of hydrogen-bond donors (Lipinski definition) is 4. The minimum atomic E-state index is -1.55. The molecule has 1 amide bonds. The summed E-state index contributed by atoms with van der Waals surface area (Å²) in [6.45, 7) is -0.274. The first-order valence-electron chi connectivity index (χ1n) is 5.39. The molecule has 0 aromatic heterocycles. The van der Waals surface area contributed by atoms with Crippen molar-refractivity contribution >= 4 is 11.9 Å². The van der Waals surface area contributed by atoms with Gasteiger partial charge in [-0.15, -0.1) is 0 Å². The van der Waals surface area contributed by atoms with Gasteiger partial charge in [0.15, 0.2) is 6.10 Å². The number of aliphatic hydroxyl groups excluding tert-OH is 1. The van der Waals surface area contributed by atoms with E-state index in [-0.39, 0.29) is 18.9 Å². The van der Waals surface area contributed by atoms with Crippen LogP contribution in [0.15, 0.2) is 0 Å². The fourth-order valence-corrected chi connectivity index (χ4v) is 1.94. The summed E-state index contributed by atoms with van der Waals surface area (Å²) in [7, 11) is 0. The normalized spacial score (nSPS) is 20.4. The number of carboxylic acids is 1. The number of amides is 1. The first-order chi connectivity index (χ1) is 7.43. The van der Waals surface area contributed by atoms with E-state index in [0.29, 0.717) is 0 Å². The molecule has 0 unspecified atom stereocenters. The van der Waals surface area contributed by atoms with Crippen LogP contribution in [0.4, 0.5) is 0 Å². The SMILES string of the molecule is NC1(CC(=O)NC[C@H](O)C(=O)O)CCCC1. The minimum Gasteiger partial charge on any atom is -0.479 e. The van der Waals surface area contributed by atoms with Crippen molar-refractivity contribution in [2.45, 2.75) is 43.7 Å². The molecule has 0 aliphatic heterocycles. The van der Waals surface area contributed by atoms with Crippen LogP contribution in [0.2, 0.25) is 0 Å². The quantitative estimate of drug-likeness (QED) is 0.494. The van der Waals surface area contributed by atoms with Crippen molar-refractivity contribution in [3.8, 4) is 0 Å². The van der Waals surface area contributed by atoms with Crippen LogP contribution < -0.4 is 11.1 Å². The highest BCUT2D eigenvalue weighted by Crippen LogP contribution is 2.29. The number of carbonyl (C=O) groups excluding carboxylic acids is 1. The van der Waals surface area contributed by atoms with Crippen LogP contribution in [0, 0.1) is 0 Å². The second-order valence-electron chi connectivity index (χ2n) is 4.40. The van der Waals surface area contributed by atoms with Crippen molar-refractivity contribution in [2.24, 2.45) is 5.73 Å². The molecule has 0 spiro atoms. The summed E-state index contributed by atoms with van der Waals surface area (Å²) in [6.07, 6.45) is 2.34. The third-order valence-electron chi connectivity index (χ3n) is 2.89. The Morgan fingerprint density at radius 1 is 1.38 bits per heavy atom. The van der Waals surface area contributed by atoms with Crippen LogP contribution in [0.1, 0.15) is 32.1 Å². The molecule has 0 radical (unpaired) electrons. The molecule has 6 heteroatoms. The number of carboxylic acid groups (broad SMARTS) is 1. The Morgan fingerprint density at radius 2 is 1.94 bits per heavy atom. The van der Waals surface area contributed by atoms with Crippen molar-refractivity contribution in [3.05, 3.63) is 0 Å². The molecule has 0 aromatic rings. The fraction of sp³-hybridized carbons (Fsp3) is 0.800. The van der Waals surface area contributed by atoms with Gasteiger partial charge in [0.2, 0.25) is 5.91 Å². The summed E-state index contributed by atoms with van der Waals surface area (Å²) in [5.74, 6) is -1.65. The molecule has 1 aliphatic rings. The molecular formula is C10H18N2O4. The lowest BCUT2D eigenvalue weighted by Crippen LogP contribution is -2.44. The van der Waals surface area contributed by atoms with Crippen molar-refractivity contribution in [3.63, 3.8) is 0 Å². The molecule has 16 heavy (non-hydrogen) atoms. The summed E-state index contributed by atoms with van der Waals surface area (Å²) >= 11 is 0. The summed E-state index contributed by atoms with van der Waals surface area (Å²) in [4.78, 5) is 21.7. The Balaban J connectivity index is 2.28. The minimum absolute atomic E-state index is 0.194. The van der Waals surface area contributed by atoms with Crippen LogP contribution in [0.3, 0.4) is 0 Å². The molecule has 0 aromatic carbocycles. The number of aliphatic carboxylic acids is 1. The molecule has 1 fully saturated rings. The highest BCUT2D eigenvalue weighted by atomic mass is 16.4. The van der Waals surface area contributed by atoms with Gasteiger partial charge < -0.3 is 21.3 Å². The van der Waals surface area contributed by atoms with Gasteiger partial charge in [0.25, 0.3) is 0 Å². The average Bonchev–Trinajstić information content (AvgIpc) is 2.60. The van der Waals surface area contributed by atoms with Gasteiger partial charge in [-0.25, -0.2) is 4.79 Å². The maximum Gasteiger partial charge on any atom is 0.334 e. The van der Waals surface area contributed by atoms with Crippen LogP contribution in [0.5, 0.6) is 0 Å². The Bertz CT molecular complexity index is 274. The molecule has 1 aliphatic carbocycles. The van der Waals surface area contributed by atoms with Gasteiger partial charge in [-0.05, 0) is 12.8 Å². The molecule has 1 saturated carbocycles. The third kappa shape index (κ3) is 3.79. The smallest absolute Gasteiger partial charge is 0.334 e. The molecule has 0 heterocycles. The highest BCUT2D eigenvalue weighted by Gasteiger charge is 2.31. The average molecular weight is 230 g/mol. The van der Waals surface area contributed by atoms with Gasteiger partial charge in [-0.2, -0.15) is 0 Å². The highest BCUT2D eigenvalue weighted by molar-refractivity contribution is 5.79. The molecule has 1 atom stereocenters. The lowest BCUT2D eigenvalue weighted by Gasteiger charge is -2.22. The second kappa shape index (κ2) is 5.27. The van der Waals surface area contributed by atoms with Gasteiger partial charge in [0.05, 0.1) is 6.54 Å². The van der Waals surface area contributed by atoms with Crippen molar-refractivity contribution in [1.29, 1.82) is 0 Å². The van der Waals surface area contributed by atoms with E-state index in [4.69, 9.17) is 15.9 Å². The molecule has 0 saturated heterocycles. The van der Waals surface area contributed by atoms with Gasteiger partial charge >= 0.3 is 5.97 Å². The number of rotatable bonds is 5. The lowest BCUT2D eigenvalue weighted by molar-refractivity contribution is -0.146. The zero-order chi connectivity index (χ0) is 12.2. The number of hydrogen-bond acceptors (Lipinski definition) is 4. The molecule has 92 valence electrons. The van der Waals surface area contributed by atoms with Crippen LogP contribution in [-0.2, 0) is 9.59 Å². The second-order valence-corrected chi connectivity index (χ2v) is 4.40. The predicted octanol–water partition coefficient (Wildman–Crippen LogP) is -0.790. The van der Waals surface area contributed by atoms with Crippen LogP contribution in [-0.4, -0.2) is 40.3 Å². The summed E-state index contributed by atoms with van der Waals surface area (Å²) in [5.41, 5.74) is 5.54. The maximum atomic E-state index is 11.4. The Morgan fingerprint density at radius 3 is 2.44 bits per heavy atom. The first-order valence-corrected chi connectivity index (χ1v) is 5.39. The van der Waals surface area contributed by atoms with Crippen LogP contribution >= 0.6 is 0 Å². The molecule has 1 rings (SSSR count). The van der Waals surface area contributed by atoms with Crippen LogP contribution in [0.25, 0.3) is 0 Å². The fourth-order valence-electron chi connectivity index (χ4n) is 1.94. The maximum absolute atomic E-state index is 11.4. The van der Waals surface area contributed by atoms with E-state index in [9.17, 15) is 9.59 Å². The number of aliphatic hydroxyl groups is 1.